The minimum atomic E-state index is 0.197. The molecule has 14 heavy (non-hydrogen) atoms. The fraction of sp³-hybridized carbons (Fsp3) is 0.455. The summed E-state index contributed by atoms with van der Waals surface area (Å²) in [6.45, 7) is 1.17. The number of aliphatic hydroxyl groups excluding tert-OH is 1. The third-order valence-electron chi connectivity index (χ3n) is 2.69. The Morgan fingerprint density at radius 2 is 2.36 bits per heavy atom. The van der Waals surface area contributed by atoms with Crippen molar-refractivity contribution < 1.29 is 5.11 Å². The van der Waals surface area contributed by atoms with E-state index in [1.165, 1.54) is 11.1 Å². The first-order chi connectivity index (χ1) is 6.83. The Balaban J connectivity index is 2.36. The number of hydrogen-bond donors (Lipinski definition) is 2. The predicted octanol–water partition coefficient (Wildman–Crippen LogP) is 1.91. The lowest BCUT2D eigenvalue weighted by molar-refractivity contribution is 0.263. The van der Waals surface area contributed by atoms with Crippen molar-refractivity contribution in [2.24, 2.45) is 0 Å². The molecular weight excluding hydrogens is 198 g/mol. The third-order valence-corrected chi connectivity index (χ3v) is 3.02. The molecule has 2 nitrogen and oxygen atoms in total. The Bertz CT molecular complexity index is 327. The number of halogens is 1. The Morgan fingerprint density at radius 3 is 3.14 bits per heavy atom. The van der Waals surface area contributed by atoms with Crippen LogP contribution in [-0.2, 0) is 6.42 Å². The maximum absolute atomic E-state index is 8.95. The molecule has 0 fully saturated rings. The molecule has 0 aliphatic carbocycles. The predicted molar refractivity (Wildman–Crippen MR) is 57.6 cm³/mol. The maximum atomic E-state index is 8.95. The number of rotatable bonds is 2. The summed E-state index contributed by atoms with van der Waals surface area (Å²) in [7, 11) is 0. The molecule has 0 amide bonds. The summed E-state index contributed by atoms with van der Waals surface area (Å²) in [6, 6.07) is 6.24. The summed E-state index contributed by atoms with van der Waals surface area (Å²) in [4.78, 5) is 0. The Labute approximate surface area is 88.9 Å². The second-order valence-corrected chi connectivity index (χ2v) is 3.99. The van der Waals surface area contributed by atoms with Gasteiger partial charge in [-0.05, 0) is 36.6 Å². The van der Waals surface area contributed by atoms with Gasteiger partial charge in [-0.25, -0.2) is 0 Å². The zero-order chi connectivity index (χ0) is 9.97. The van der Waals surface area contributed by atoms with E-state index in [1.54, 1.807) is 0 Å². The van der Waals surface area contributed by atoms with Crippen molar-refractivity contribution in [2.45, 2.75) is 18.9 Å². The van der Waals surface area contributed by atoms with Crippen LogP contribution in [-0.4, -0.2) is 18.3 Å². The van der Waals surface area contributed by atoms with Gasteiger partial charge >= 0.3 is 0 Å². The lowest BCUT2D eigenvalue weighted by atomic mass is 9.93. The summed E-state index contributed by atoms with van der Waals surface area (Å²) in [6.07, 6.45) is 1.76. The minimum absolute atomic E-state index is 0.197. The summed E-state index contributed by atoms with van der Waals surface area (Å²) in [5.74, 6) is 0. The number of fused-ring (bicyclic) bond motifs is 1. The van der Waals surface area contributed by atoms with Gasteiger partial charge in [0.1, 0.15) is 0 Å². The molecule has 0 aromatic heterocycles. The molecule has 2 N–H and O–H groups in total. The van der Waals surface area contributed by atoms with Gasteiger partial charge in [0.15, 0.2) is 0 Å². The Morgan fingerprint density at radius 1 is 1.50 bits per heavy atom. The van der Waals surface area contributed by atoms with Gasteiger partial charge in [-0.1, -0.05) is 23.7 Å². The van der Waals surface area contributed by atoms with Gasteiger partial charge in [-0.2, -0.15) is 0 Å². The minimum Gasteiger partial charge on any atom is -0.396 e. The molecule has 0 saturated carbocycles. The van der Waals surface area contributed by atoms with Crippen molar-refractivity contribution in [1.29, 1.82) is 0 Å². The van der Waals surface area contributed by atoms with Crippen LogP contribution in [0, 0.1) is 0 Å². The van der Waals surface area contributed by atoms with Gasteiger partial charge in [-0.15, -0.1) is 0 Å². The van der Waals surface area contributed by atoms with Crippen LogP contribution >= 0.6 is 11.6 Å². The van der Waals surface area contributed by atoms with Gasteiger partial charge in [-0.3, -0.25) is 0 Å². The van der Waals surface area contributed by atoms with Crippen LogP contribution in [0.5, 0.6) is 0 Å². The smallest absolute Gasteiger partial charge is 0.0456 e. The number of nitrogens with one attached hydrogen (secondary N) is 1. The SMILES string of the molecule is OCCC1NCCc2cccc(Cl)c21. The molecule has 3 heteroatoms. The Kier molecular flexibility index (Phi) is 3.06. The lowest BCUT2D eigenvalue weighted by Crippen LogP contribution is -2.30. The average Bonchev–Trinajstić information content (AvgIpc) is 2.19. The molecule has 1 atom stereocenters. The highest BCUT2D eigenvalue weighted by Gasteiger charge is 2.21. The number of hydrogen-bond acceptors (Lipinski definition) is 2. The van der Waals surface area contributed by atoms with Crippen molar-refractivity contribution in [1.82, 2.24) is 5.32 Å². The molecule has 1 heterocycles. The van der Waals surface area contributed by atoms with Crippen LogP contribution in [0.25, 0.3) is 0 Å². The summed E-state index contributed by atoms with van der Waals surface area (Å²) >= 11 is 6.15. The van der Waals surface area contributed by atoms with Crippen LogP contribution in [0.2, 0.25) is 5.02 Å². The normalized spacial score (nSPS) is 20.6. The van der Waals surface area contributed by atoms with E-state index in [4.69, 9.17) is 16.7 Å². The monoisotopic (exact) mass is 211 g/mol. The molecule has 0 bridgehead atoms. The average molecular weight is 212 g/mol. The van der Waals surface area contributed by atoms with Gasteiger partial charge < -0.3 is 10.4 Å². The van der Waals surface area contributed by atoms with Crippen LogP contribution in [0.15, 0.2) is 18.2 Å². The molecule has 1 aromatic carbocycles. The highest BCUT2D eigenvalue weighted by Crippen LogP contribution is 2.31. The molecular formula is C11H14ClNO. The third kappa shape index (κ3) is 1.78. The van der Waals surface area contributed by atoms with Gasteiger partial charge in [0.25, 0.3) is 0 Å². The molecule has 2 rings (SSSR count). The van der Waals surface area contributed by atoms with E-state index in [2.05, 4.69) is 11.4 Å². The molecule has 76 valence electrons. The quantitative estimate of drug-likeness (QED) is 0.784. The van der Waals surface area contributed by atoms with Crippen LogP contribution in [0.3, 0.4) is 0 Å². The number of benzene rings is 1. The number of aliphatic hydroxyl groups is 1. The largest absolute Gasteiger partial charge is 0.396 e. The van der Waals surface area contributed by atoms with E-state index in [9.17, 15) is 0 Å². The van der Waals surface area contributed by atoms with Gasteiger partial charge in [0.2, 0.25) is 0 Å². The van der Waals surface area contributed by atoms with Crippen LogP contribution in [0.1, 0.15) is 23.6 Å². The van der Waals surface area contributed by atoms with Crippen molar-refractivity contribution in [3.05, 3.63) is 34.3 Å². The fourth-order valence-electron chi connectivity index (χ4n) is 2.05. The van der Waals surface area contributed by atoms with Crippen molar-refractivity contribution >= 4 is 11.6 Å². The molecule has 1 aliphatic rings. The highest BCUT2D eigenvalue weighted by molar-refractivity contribution is 6.31. The summed E-state index contributed by atoms with van der Waals surface area (Å²) in [5.41, 5.74) is 2.49. The molecule has 1 unspecified atom stereocenters. The molecule has 0 saturated heterocycles. The van der Waals surface area contributed by atoms with Crippen molar-refractivity contribution in [3.8, 4) is 0 Å². The zero-order valence-electron chi connectivity index (χ0n) is 7.96. The van der Waals surface area contributed by atoms with Gasteiger partial charge in [0.05, 0.1) is 0 Å². The first kappa shape index (κ1) is 9.97. The van der Waals surface area contributed by atoms with Crippen LogP contribution in [0.4, 0.5) is 0 Å². The molecule has 0 spiro atoms. The summed E-state index contributed by atoms with van der Waals surface area (Å²) < 4.78 is 0. The van der Waals surface area contributed by atoms with Crippen LogP contribution < -0.4 is 5.32 Å². The molecule has 1 aliphatic heterocycles. The van der Waals surface area contributed by atoms with E-state index in [-0.39, 0.29) is 12.6 Å². The highest BCUT2D eigenvalue weighted by atomic mass is 35.5. The second kappa shape index (κ2) is 4.30. The van der Waals surface area contributed by atoms with E-state index in [1.807, 2.05) is 12.1 Å². The van der Waals surface area contributed by atoms with Crippen molar-refractivity contribution in [2.75, 3.05) is 13.2 Å². The van der Waals surface area contributed by atoms with E-state index in [0.29, 0.717) is 0 Å². The van der Waals surface area contributed by atoms with E-state index in [0.717, 1.165) is 24.4 Å². The first-order valence-electron chi connectivity index (χ1n) is 4.94. The molecule has 1 aromatic rings. The topological polar surface area (TPSA) is 32.3 Å². The fourth-order valence-corrected chi connectivity index (χ4v) is 2.37. The summed E-state index contributed by atoms with van der Waals surface area (Å²) in [5, 5.41) is 13.1. The van der Waals surface area contributed by atoms with E-state index >= 15 is 0 Å². The first-order valence-corrected chi connectivity index (χ1v) is 5.32. The van der Waals surface area contributed by atoms with Crippen molar-refractivity contribution in [3.63, 3.8) is 0 Å². The second-order valence-electron chi connectivity index (χ2n) is 3.58. The zero-order valence-corrected chi connectivity index (χ0v) is 8.72. The Hall–Kier alpha value is -0.570. The lowest BCUT2D eigenvalue weighted by Gasteiger charge is -2.27. The molecule has 0 radical (unpaired) electrons. The van der Waals surface area contributed by atoms with Gasteiger partial charge in [0, 0.05) is 17.7 Å². The van der Waals surface area contributed by atoms with E-state index < -0.39 is 0 Å². The standard InChI is InChI=1S/C11H14ClNO/c12-9-3-1-2-8-4-6-13-10(5-7-14)11(8)9/h1-3,10,13-14H,4-7H2. The maximum Gasteiger partial charge on any atom is 0.0456 e.